The predicted molar refractivity (Wildman–Crippen MR) is 73.7 cm³/mol. The zero-order valence-electron chi connectivity index (χ0n) is 11.8. The Kier molecular flexibility index (Phi) is 4.88. The summed E-state index contributed by atoms with van der Waals surface area (Å²) in [6, 6.07) is 5.01. The summed E-state index contributed by atoms with van der Waals surface area (Å²) in [6.45, 7) is 3.73. The summed E-state index contributed by atoms with van der Waals surface area (Å²) in [7, 11) is 0. The van der Waals surface area contributed by atoms with Gasteiger partial charge in [0.15, 0.2) is 0 Å². The van der Waals surface area contributed by atoms with Crippen LogP contribution in [0, 0.1) is 5.92 Å². The van der Waals surface area contributed by atoms with Crippen LogP contribution in [0.5, 0.6) is 0 Å². The summed E-state index contributed by atoms with van der Waals surface area (Å²) < 4.78 is 37.9. The maximum Gasteiger partial charge on any atom is 0.416 e. The first-order valence-electron chi connectivity index (χ1n) is 7.02. The number of hydrogen-bond donors (Lipinski definition) is 2. The van der Waals surface area contributed by atoms with Crippen LogP contribution in [0.1, 0.15) is 24.5 Å². The Morgan fingerprint density at radius 2 is 2.19 bits per heavy atom. The lowest BCUT2D eigenvalue weighted by Crippen LogP contribution is -2.48. The molecule has 1 aliphatic heterocycles. The zero-order chi connectivity index (χ0) is 15.5. The molecule has 2 atom stereocenters. The van der Waals surface area contributed by atoms with Crippen LogP contribution >= 0.6 is 0 Å². The van der Waals surface area contributed by atoms with Crippen LogP contribution < -0.4 is 10.6 Å². The predicted octanol–water partition coefficient (Wildman–Crippen LogP) is 2.36. The number of carbonyl (C=O) groups is 1. The van der Waals surface area contributed by atoms with Crippen molar-refractivity contribution in [3.05, 3.63) is 35.4 Å². The summed E-state index contributed by atoms with van der Waals surface area (Å²) in [5.74, 6) is 0.0947. The highest BCUT2D eigenvalue weighted by Crippen LogP contribution is 2.29. The maximum atomic E-state index is 12.6. The summed E-state index contributed by atoms with van der Waals surface area (Å²) >= 11 is 0. The molecule has 1 amide bonds. The van der Waals surface area contributed by atoms with Crippen molar-refractivity contribution in [1.29, 1.82) is 0 Å². The molecule has 0 spiro atoms. The van der Waals surface area contributed by atoms with Crippen LogP contribution in [0.25, 0.3) is 0 Å². The molecule has 1 aromatic rings. The number of amides is 1. The molecule has 3 nitrogen and oxygen atoms in total. The molecule has 6 heteroatoms. The first-order chi connectivity index (χ1) is 9.86. The normalized spacial score (nSPS) is 22.9. The number of alkyl halides is 3. The third-order valence-electron chi connectivity index (χ3n) is 3.75. The van der Waals surface area contributed by atoms with Crippen LogP contribution in [-0.4, -0.2) is 25.0 Å². The van der Waals surface area contributed by atoms with E-state index in [2.05, 4.69) is 10.6 Å². The van der Waals surface area contributed by atoms with Gasteiger partial charge >= 0.3 is 6.18 Å². The van der Waals surface area contributed by atoms with Crippen LogP contribution in [0.15, 0.2) is 24.3 Å². The second-order valence-electron chi connectivity index (χ2n) is 5.52. The van der Waals surface area contributed by atoms with Gasteiger partial charge in [-0.3, -0.25) is 4.79 Å². The van der Waals surface area contributed by atoms with E-state index in [1.807, 2.05) is 6.92 Å². The van der Waals surface area contributed by atoms with Gasteiger partial charge in [0.2, 0.25) is 5.91 Å². The Morgan fingerprint density at radius 1 is 1.43 bits per heavy atom. The lowest BCUT2D eigenvalue weighted by Gasteiger charge is -2.30. The quantitative estimate of drug-likeness (QED) is 0.900. The standard InChI is InChI=1S/C15H19F3N2O/c1-10-9-19-6-5-13(10)20-14(21)8-11-3-2-4-12(7-11)15(16,17)18/h2-4,7,10,13,19H,5-6,8-9H2,1H3,(H,20,21). The molecule has 116 valence electrons. The van der Waals surface area contributed by atoms with E-state index < -0.39 is 11.7 Å². The molecule has 1 saturated heterocycles. The zero-order valence-corrected chi connectivity index (χ0v) is 11.8. The number of halogens is 3. The molecule has 0 bridgehead atoms. The van der Waals surface area contributed by atoms with Crippen LogP contribution in [0.3, 0.4) is 0 Å². The van der Waals surface area contributed by atoms with Gasteiger partial charge in [-0.25, -0.2) is 0 Å². The van der Waals surface area contributed by atoms with Gasteiger partial charge in [0, 0.05) is 6.04 Å². The number of benzene rings is 1. The van der Waals surface area contributed by atoms with E-state index in [1.165, 1.54) is 6.07 Å². The van der Waals surface area contributed by atoms with Crippen molar-refractivity contribution in [1.82, 2.24) is 10.6 Å². The Balaban J connectivity index is 1.96. The average Bonchev–Trinajstić information content (AvgIpc) is 2.41. The topological polar surface area (TPSA) is 41.1 Å². The van der Waals surface area contributed by atoms with Crippen LogP contribution in [0.2, 0.25) is 0 Å². The van der Waals surface area contributed by atoms with Crippen LogP contribution in [-0.2, 0) is 17.4 Å². The molecule has 2 N–H and O–H groups in total. The number of piperidine rings is 1. The van der Waals surface area contributed by atoms with E-state index in [0.717, 1.165) is 31.6 Å². The third-order valence-corrected chi connectivity index (χ3v) is 3.75. The van der Waals surface area contributed by atoms with Gasteiger partial charge in [0.25, 0.3) is 0 Å². The summed E-state index contributed by atoms with van der Waals surface area (Å²) in [4.78, 5) is 12.0. The van der Waals surface area contributed by atoms with Gasteiger partial charge in [-0.15, -0.1) is 0 Å². The van der Waals surface area contributed by atoms with Crippen molar-refractivity contribution in [2.75, 3.05) is 13.1 Å². The van der Waals surface area contributed by atoms with Gasteiger partial charge < -0.3 is 10.6 Å². The van der Waals surface area contributed by atoms with Gasteiger partial charge in [0.05, 0.1) is 12.0 Å². The van der Waals surface area contributed by atoms with Gasteiger partial charge in [-0.1, -0.05) is 25.1 Å². The van der Waals surface area contributed by atoms with E-state index >= 15 is 0 Å². The van der Waals surface area contributed by atoms with E-state index in [9.17, 15) is 18.0 Å². The highest BCUT2D eigenvalue weighted by molar-refractivity contribution is 5.79. The molecule has 1 aromatic carbocycles. The molecule has 0 aliphatic carbocycles. The first kappa shape index (κ1) is 15.8. The molecule has 2 unspecified atom stereocenters. The average molecular weight is 300 g/mol. The molecular weight excluding hydrogens is 281 g/mol. The van der Waals surface area contributed by atoms with Gasteiger partial charge in [0.1, 0.15) is 0 Å². The SMILES string of the molecule is CC1CNCCC1NC(=O)Cc1cccc(C(F)(F)F)c1. The minimum atomic E-state index is -4.38. The fourth-order valence-corrected chi connectivity index (χ4v) is 2.53. The second-order valence-corrected chi connectivity index (χ2v) is 5.52. The Labute approximate surface area is 121 Å². The third kappa shape index (κ3) is 4.46. The Bertz CT molecular complexity index is 502. The fraction of sp³-hybridized carbons (Fsp3) is 0.533. The molecule has 0 saturated carbocycles. The molecule has 0 aromatic heterocycles. The van der Waals surface area contributed by atoms with E-state index in [4.69, 9.17) is 0 Å². The van der Waals surface area contributed by atoms with Crippen molar-refractivity contribution in [2.45, 2.75) is 32.0 Å². The van der Waals surface area contributed by atoms with Crippen molar-refractivity contribution in [2.24, 2.45) is 5.92 Å². The number of carbonyl (C=O) groups excluding carboxylic acids is 1. The molecule has 1 heterocycles. The molecular formula is C15H19F3N2O. The van der Waals surface area contributed by atoms with Crippen LogP contribution in [0.4, 0.5) is 13.2 Å². The highest BCUT2D eigenvalue weighted by atomic mass is 19.4. The molecule has 1 fully saturated rings. The summed E-state index contributed by atoms with van der Waals surface area (Å²) in [5.41, 5.74) is -0.341. The number of nitrogens with one attached hydrogen (secondary N) is 2. The van der Waals surface area contributed by atoms with E-state index in [0.29, 0.717) is 11.5 Å². The monoisotopic (exact) mass is 300 g/mol. The number of hydrogen-bond acceptors (Lipinski definition) is 2. The second kappa shape index (κ2) is 6.47. The molecule has 21 heavy (non-hydrogen) atoms. The fourth-order valence-electron chi connectivity index (χ4n) is 2.53. The minimum Gasteiger partial charge on any atom is -0.353 e. The lowest BCUT2D eigenvalue weighted by molar-refractivity contribution is -0.137. The summed E-state index contributed by atoms with van der Waals surface area (Å²) in [5, 5.41) is 6.15. The molecule has 1 aliphatic rings. The lowest BCUT2D eigenvalue weighted by atomic mass is 9.95. The molecule has 0 radical (unpaired) electrons. The highest BCUT2D eigenvalue weighted by Gasteiger charge is 2.30. The smallest absolute Gasteiger partial charge is 0.353 e. The van der Waals surface area contributed by atoms with Gasteiger partial charge in [-0.05, 0) is 37.1 Å². The summed E-state index contributed by atoms with van der Waals surface area (Å²) in [6.07, 6.45) is -3.56. The molecule has 2 rings (SSSR count). The first-order valence-corrected chi connectivity index (χ1v) is 7.02. The van der Waals surface area contributed by atoms with Crippen molar-refractivity contribution < 1.29 is 18.0 Å². The van der Waals surface area contributed by atoms with Crippen molar-refractivity contribution in [3.8, 4) is 0 Å². The van der Waals surface area contributed by atoms with Gasteiger partial charge in [-0.2, -0.15) is 13.2 Å². The largest absolute Gasteiger partial charge is 0.416 e. The Morgan fingerprint density at radius 3 is 2.86 bits per heavy atom. The van der Waals surface area contributed by atoms with E-state index in [-0.39, 0.29) is 18.4 Å². The van der Waals surface area contributed by atoms with Crippen molar-refractivity contribution in [3.63, 3.8) is 0 Å². The minimum absolute atomic E-state index is 0.0272. The van der Waals surface area contributed by atoms with E-state index in [1.54, 1.807) is 6.07 Å². The number of rotatable bonds is 3. The maximum absolute atomic E-state index is 12.6. The Hall–Kier alpha value is -1.56. The van der Waals surface area contributed by atoms with Crippen molar-refractivity contribution >= 4 is 5.91 Å².